The summed E-state index contributed by atoms with van der Waals surface area (Å²) in [5.41, 5.74) is 4.71. The molecule has 0 aromatic heterocycles. The van der Waals surface area contributed by atoms with Crippen LogP contribution in [0, 0.1) is 0 Å². The van der Waals surface area contributed by atoms with Crippen molar-refractivity contribution in [2.24, 2.45) is 0 Å². The van der Waals surface area contributed by atoms with E-state index in [0.717, 1.165) is 17.1 Å². The minimum absolute atomic E-state index is 0.0462. The van der Waals surface area contributed by atoms with Crippen LogP contribution in [0.4, 0.5) is 10.5 Å². The van der Waals surface area contributed by atoms with Crippen molar-refractivity contribution in [3.8, 4) is 0 Å². The molecule has 0 spiro atoms. The second-order valence-corrected chi connectivity index (χ2v) is 4.46. The average molecular weight is 278 g/mol. The Kier molecular flexibility index (Phi) is 3.96. The van der Waals surface area contributed by atoms with Gasteiger partial charge in [0.2, 0.25) is 5.91 Å². The molecule has 100 valence electrons. The average Bonchev–Trinajstić information content (AvgIpc) is 2.68. The first-order chi connectivity index (χ1) is 9.08. The number of thiocarbonyl (C=S) groups is 1. The molecule has 1 fully saturated rings. The maximum absolute atomic E-state index is 11.3. The second-order valence-electron chi connectivity index (χ2n) is 4.06. The summed E-state index contributed by atoms with van der Waals surface area (Å²) in [6.07, 6.45) is 0.971. The van der Waals surface area contributed by atoms with Gasteiger partial charge >= 0.3 is 6.03 Å². The minimum atomic E-state index is -0.504. The van der Waals surface area contributed by atoms with Crippen molar-refractivity contribution in [1.29, 1.82) is 0 Å². The van der Waals surface area contributed by atoms with Crippen LogP contribution < -0.4 is 16.1 Å². The Morgan fingerprint density at radius 1 is 1.37 bits per heavy atom. The van der Waals surface area contributed by atoms with E-state index >= 15 is 0 Å². The summed E-state index contributed by atoms with van der Waals surface area (Å²) >= 11 is 5.07. The van der Waals surface area contributed by atoms with Gasteiger partial charge in [0.15, 0.2) is 5.11 Å². The van der Waals surface area contributed by atoms with Crippen molar-refractivity contribution in [3.05, 3.63) is 29.8 Å². The van der Waals surface area contributed by atoms with Crippen LogP contribution in [0.25, 0.3) is 0 Å². The fourth-order valence-corrected chi connectivity index (χ4v) is 1.87. The van der Waals surface area contributed by atoms with Gasteiger partial charge in [-0.15, -0.1) is 0 Å². The Hall–Kier alpha value is -2.15. The number of hydrogen-bond acceptors (Lipinski definition) is 3. The van der Waals surface area contributed by atoms with Crippen molar-refractivity contribution in [2.45, 2.75) is 13.3 Å². The molecular formula is C12H14N4O2S. The van der Waals surface area contributed by atoms with Crippen LogP contribution in [0.15, 0.2) is 24.3 Å². The highest BCUT2D eigenvalue weighted by molar-refractivity contribution is 7.80. The molecule has 3 amide bonds. The van der Waals surface area contributed by atoms with E-state index in [-0.39, 0.29) is 17.6 Å². The van der Waals surface area contributed by atoms with E-state index in [2.05, 4.69) is 23.0 Å². The molecule has 7 heteroatoms. The van der Waals surface area contributed by atoms with E-state index < -0.39 is 6.03 Å². The van der Waals surface area contributed by atoms with Crippen LogP contribution in [0.2, 0.25) is 0 Å². The number of amides is 3. The number of nitrogens with zero attached hydrogens (tertiary/aromatic N) is 1. The zero-order chi connectivity index (χ0) is 13.8. The molecule has 1 aromatic carbocycles. The minimum Gasteiger partial charge on any atom is -0.331 e. The predicted octanol–water partition coefficient (Wildman–Crippen LogP) is 1.00. The lowest BCUT2D eigenvalue weighted by Crippen LogP contribution is -2.45. The largest absolute Gasteiger partial charge is 0.343 e. The Balaban J connectivity index is 1.90. The molecule has 1 aromatic rings. The van der Waals surface area contributed by atoms with Gasteiger partial charge in [0.25, 0.3) is 0 Å². The van der Waals surface area contributed by atoms with Crippen LogP contribution >= 0.6 is 12.2 Å². The van der Waals surface area contributed by atoms with Gasteiger partial charge in [-0.1, -0.05) is 19.1 Å². The van der Waals surface area contributed by atoms with E-state index in [1.807, 2.05) is 24.3 Å². The van der Waals surface area contributed by atoms with Crippen molar-refractivity contribution in [3.63, 3.8) is 0 Å². The summed E-state index contributed by atoms with van der Waals surface area (Å²) in [6.45, 7) is 2.03. The zero-order valence-corrected chi connectivity index (χ0v) is 11.2. The molecule has 3 N–H and O–H groups in total. The van der Waals surface area contributed by atoms with Crippen molar-refractivity contribution < 1.29 is 9.59 Å². The number of anilines is 1. The van der Waals surface area contributed by atoms with Crippen molar-refractivity contribution >= 4 is 35.0 Å². The number of imide groups is 1. The fraction of sp³-hybridized carbons (Fsp3) is 0.250. The Morgan fingerprint density at radius 3 is 2.58 bits per heavy atom. The van der Waals surface area contributed by atoms with Crippen LogP contribution in [0.5, 0.6) is 0 Å². The third-order valence-electron chi connectivity index (χ3n) is 2.65. The van der Waals surface area contributed by atoms with Gasteiger partial charge in [-0.2, -0.15) is 0 Å². The lowest BCUT2D eigenvalue weighted by atomic mass is 10.1. The summed E-state index contributed by atoms with van der Waals surface area (Å²) in [6, 6.07) is 7.30. The highest BCUT2D eigenvalue weighted by atomic mass is 32.1. The molecule has 0 atom stereocenters. The Bertz CT molecular complexity index is 515. The number of carbonyl (C=O) groups is 2. The summed E-state index contributed by atoms with van der Waals surface area (Å²) in [7, 11) is 0. The third kappa shape index (κ3) is 3.41. The monoisotopic (exact) mass is 278 g/mol. The van der Waals surface area contributed by atoms with Crippen molar-refractivity contribution in [2.75, 3.05) is 11.9 Å². The number of nitrogens with one attached hydrogen (secondary N) is 3. The number of aryl methyl sites for hydroxylation is 1. The number of benzene rings is 1. The van der Waals surface area contributed by atoms with E-state index in [0.29, 0.717) is 0 Å². The fourth-order valence-electron chi connectivity index (χ4n) is 1.64. The molecular weight excluding hydrogens is 264 g/mol. The molecule has 0 bridgehead atoms. The van der Waals surface area contributed by atoms with Crippen LogP contribution in [-0.2, 0) is 11.2 Å². The predicted molar refractivity (Wildman–Crippen MR) is 75.4 cm³/mol. The number of hydrazine groups is 1. The summed E-state index contributed by atoms with van der Waals surface area (Å²) in [5.74, 6) is -0.354. The topological polar surface area (TPSA) is 73.5 Å². The number of carbonyl (C=O) groups excluding carboxylic acids is 2. The third-order valence-corrected chi connectivity index (χ3v) is 2.84. The molecule has 6 nitrogen and oxygen atoms in total. The number of urea groups is 1. The van der Waals surface area contributed by atoms with Gasteiger partial charge in [0.05, 0.1) is 0 Å². The molecule has 0 radical (unpaired) electrons. The summed E-state index contributed by atoms with van der Waals surface area (Å²) in [4.78, 5) is 22.3. The first kappa shape index (κ1) is 13.3. The highest BCUT2D eigenvalue weighted by Crippen LogP contribution is 2.09. The zero-order valence-electron chi connectivity index (χ0n) is 10.4. The first-order valence-corrected chi connectivity index (χ1v) is 6.27. The molecule has 1 aliphatic heterocycles. The van der Waals surface area contributed by atoms with Gasteiger partial charge in [-0.3, -0.25) is 15.5 Å². The SMILES string of the molecule is CCc1ccc(NC(=S)NN2CC(=O)NC2=O)cc1. The van der Waals surface area contributed by atoms with Gasteiger partial charge in [0, 0.05) is 5.69 Å². The molecule has 0 unspecified atom stereocenters. The van der Waals surface area contributed by atoms with E-state index in [1.54, 1.807) is 0 Å². The van der Waals surface area contributed by atoms with Crippen LogP contribution in [0.3, 0.4) is 0 Å². The smallest absolute Gasteiger partial charge is 0.331 e. The molecule has 2 rings (SSSR count). The van der Waals surface area contributed by atoms with Crippen LogP contribution in [-0.4, -0.2) is 28.6 Å². The standard InChI is InChI=1S/C12H14N4O2S/c1-2-8-3-5-9(6-4-8)13-11(19)15-16-7-10(17)14-12(16)18/h3-6H,2,7H2,1H3,(H2,13,15,19)(H,14,17,18). The maximum atomic E-state index is 11.3. The van der Waals surface area contributed by atoms with E-state index in [4.69, 9.17) is 12.2 Å². The highest BCUT2D eigenvalue weighted by Gasteiger charge is 2.27. The van der Waals surface area contributed by atoms with Gasteiger partial charge in [-0.05, 0) is 36.3 Å². The molecule has 1 aliphatic rings. The van der Waals surface area contributed by atoms with Crippen LogP contribution in [0.1, 0.15) is 12.5 Å². The first-order valence-electron chi connectivity index (χ1n) is 5.86. The molecule has 19 heavy (non-hydrogen) atoms. The van der Waals surface area contributed by atoms with E-state index in [1.165, 1.54) is 5.56 Å². The lowest BCUT2D eigenvalue weighted by Gasteiger charge is -2.17. The van der Waals surface area contributed by atoms with E-state index in [9.17, 15) is 9.59 Å². The van der Waals surface area contributed by atoms with Crippen molar-refractivity contribution in [1.82, 2.24) is 15.8 Å². The Labute approximate surface area is 116 Å². The molecule has 0 aliphatic carbocycles. The normalized spacial score (nSPS) is 14.3. The molecule has 0 saturated carbocycles. The van der Waals surface area contributed by atoms with Gasteiger partial charge in [-0.25, -0.2) is 9.80 Å². The number of hydrogen-bond donors (Lipinski definition) is 3. The molecule has 1 saturated heterocycles. The van der Waals surface area contributed by atoms with Gasteiger partial charge in [0.1, 0.15) is 6.54 Å². The second kappa shape index (κ2) is 5.66. The quantitative estimate of drug-likeness (QED) is 0.568. The van der Waals surface area contributed by atoms with Gasteiger partial charge < -0.3 is 5.32 Å². The molecule has 1 heterocycles. The Morgan fingerprint density at radius 2 is 2.05 bits per heavy atom. The summed E-state index contributed by atoms with van der Waals surface area (Å²) < 4.78 is 0. The summed E-state index contributed by atoms with van der Waals surface area (Å²) in [5, 5.41) is 6.47. The lowest BCUT2D eigenvalue weighted by molar-refractivity contribution is -0.118. The number of rotatable bonds is 3. The maximum Gasteiger partial charge on any atom is 0.343 e.